The molecule has 2 fully saturated rings. The Labute approximate surface area is 124 Å². The van der Waals surface area contributed by atoms with E-state index in [1.807, 2.05) is 0 Å². The molecule has 2 aliphatic heterocycles. The Bertz CT molecular complexity index is 494. The number of fused-ring (bicyclic) bond motifs is 1. The number of aliphatic hydroxyl groups excluding tert-OH is 2. The van der Waals surface area contributed by atoms with Crippen LogP contribution in [-0.2, 0) is 20.8 Å². The summed E-state index contributed by atoms with van der Waals surface area (Å²) in [4.78, 5) is 0. The number of rotatable bonds is 3. The second-order valence-electron chi connectivity index (χ2n) is 5.51. The second-order valence-corrected chi connectivity index (χ2v) is 6.42. The highest BCUT2D eigenvalue weighted by molar-refractivity contribution is 9.10. The summed E-state index contributed by atoms with van der Waals surface area (Å²) < 4.78 is 19.1. The lowest BCUT2D eigenvalue weighted by Crippen LogP contribution is -2.42. The van der Waals surface area contributed by atoms with Crippen LogP contribution in [-0.4, -0.2) is 56.5 Å². The average molecular weight is 349 g/mol. The first-order valence-electron chi connectivity index (χ1n) is 6.41. The molecular weight excluding hydrogens is 332 g/mol. The van der Waals surface area contributed by atoms with Gasteiger partial charge in [-0.25, -0.2) is 0 Å². The highest BCUT2D eigenvalue weighted by atomic mass is 79.9. The monoisotopic (exact) mass is 348 g/mol. The Morgan fingerprint density at radius 2 is 2.25 bits per heavy atom. The number of aliphatic hydroxyl groups is 2. The van der Waals surface area contributed by atoms with Gasteiger partial charge in [-0.3, -0.25) is 4.68 Å². The van der Waals surface area contributed by atoms with Gasteiger partial charge in [0.05, 0.1) is 17.2 Å². The van der Waals surface area contributed by atoms with Crippen LogP contribution in [0.15, 0.2) is 16.9 Å². The first-order valence-corrected chi connectivity index (χ1v) is 7.20. The van der Waals surface area contributed by atoms with Gasteiger partial charge in [0.15, 0.2) is 12.1 Å². The van der Waals surface area contributed by atoms with Gasteiger partial charge in [0.25, 0.3) is 0 Å². The maximum Gasteiger partial charge on any atom is 0.190 e. The van der Waals surface area contributed by atoms with Crippen LogP contribution in [0.5, 0.6) is 0 Å². The Morgan fingerprint density at radius 1 is 1.50 bits per heavy atom. The van der Waals surface area contributed by atoms with Crippen molar-refractivity contribution in [1.82, 2.24) is 9.78 Å². The van der Waals surface area contributed by atoms with Crippen molar-refractivity contribution >= 4 is 15.9 Å². The van der Waals surface area contributed by atoms with Gasteiger partial charge in [0.2, 0.25) is 0 Å². The molecule has 1 aromatic rings. The number of nitrogens with zero attached hydrogens (tertiary/aromatic N) is 2. The van der Waals surface area contributed by atoms with E-state index in [1.165, 1.54) is 0 Å². The van der Waals surface area contributed by atoms with Gasteiger partial charge in [-0.15, -0.1) is 0 Å². The van der Waals surface area contributed by atoms with E-state index >= 15 is 0 Å². The zero-order valence-corrected chi connectivity index (χ0v) is 12.7. The minimum atomic E-state index is -0.934. The Kier molecular flexibility index (Phi) is 3.64. The van der Waals surface area contributed by atoms with Crippen molar-refractivity contribution in [3.8, 4) is 0 Å². The standard InChI is InChI=1S/C12H17BrN2O5/c1-12(2)19-10-8(17)9(18-11(10)20-12)7(16)5-15-4-6(13)3-14-15/h3-4,7-11,16-17H,5H2,1-2H3/t7-,8-,9-,10-,11+/m1/s1. The number of halogens is 1. The van der Waals surface area contributed by atoms with E-state index in [1.54, 1.807) is 30.9 Å². The molecule has 0 bridgehead atoms. The molecule has 112 valence electrons. The fourth-order valence-corrected chi connectivity index (χ4v) is 2.90. The first kappa shape index (κ1) is 14.4. The average Bonchev–Trinajstić information content (AvgIpc) is 2.95. The van der Waals surface area contributed by atoms with Gasteiger partial charge < -0.3 is 24.4 Å². The molecule has 8 heteroatoms. The van der Waals surface area contributed by atoms with Crippen LogP contribution in [0.3, 0.4) is 0 Å². The fraction of sp³-hybridized carbons (Fsp3) is 0.750. The van der Waals surface area contributed by atoms with E-state index in [-0.39, 0.29) is 6.54 Å². The van der Waals surface area contributed by atoms with Crippen LogP contribution in [0, 0.1) is 0 Å². The number of ether oxygens (including phenoxy) is 3. The molecule has 0 saturated carbocycles. The molecule has 3 rings (SSSR count). The number of hydrogen-bond donors (Lipinski definition) is 2. The molecule has 7 nitrogen and oxygen atoms in total. The van der Waals surface area contributed by atoms with E-state index in [4.69, 9.17) is 14.2 Å². The SMILES string of the molecule is CC1(C)O[C@@H]2O[C@H]([C@H](O)Cn3cc(Br)cn3)[C@@H](O)[C@H]2O1. The van der Waals surface area contributed by atoms with Crippen LogP contribution in [0.25, 0.3) is 0 Å². The van der Waals surface area contributed by atoms with Crippen molar-refractivity contribution in [3.63, 3.8) is 0 Å². The van der Waals surface area contributed by atoms with Crippen molar-refractivity contribution in [1.29, 1.82) is 0 Å². The fourth-order valence-electron chi connectivity index (χ4n) is 2.57. The molecule has 3 heterocycles. The quantitative estimate of drug-likeness (QED) is 0.813. The van der Waals surface area contributed by atoms with Gasteiger partial charge >= 0.3 is 0 Å². The number of hydrogen-bond acceptors (Lipinski definition) is 6. The highest BCUT2D eigenvalue weighted by Crippen LogP contribution is 2.38. The Balaban J connectivity index is 1.64. The summed E-state index contributed by atoms with van der Waals surface area (Å²) in [6.07, 6.45) is -0.459. The molecule has 5 atom stereocenters. The second kappa shape index (κ2) is 5.04. The Hall–Kier alpha value is -0.510. The van der Waals surface area contributed by atoms with E-state index < -0.39 is 36.5 Å². The van der Waals surface area contributed by atoms with Crippen molar-refractivity contribution < 1.29 is 24.4 Å². The molecular formula is C12H17BrN2O5. The van der Waals surface area contributed by atoms with E-state index in [0.717, 1.165) is 4.47 Å². The summed E-state index contributed by atoms with van der Waals surface area (Å²) in [6, 6.07) is 0. The third-order valence-electron chi connectivity index (χ3n) is 3.41. The normalized spacial score (nSPS) is 37.0. The van der Waals surface area contributed by atoms with Crippen LogP contribution < -0.4 is 0 Å². The molecule has 1 aromatic heterocycles. The summed E-state index contributed by atoms with van der Waals surface area (Å²) >= 11 is 3.28. The largest absolute Gasteiger partial charge is 0.388 e. The Morgan fingerprint density at radius 3 is 2.85 bits per heavy atom. The van der Waals surface area contributed by atoms with Crippen LogP contribution in [0.2, 0.25) is 0 Å². The van der Waals surface area contributed by atoms with Gasteiger partial charge in [-0.2, -0.15) is 5.10 Å². The van der Waals surface area contributed by atoms with E-state index in [9.17, 15) is 10.2 Å². The molecule has 2 aliphatic rings. The predicted octanol–water partition coefficient (Wildman–Crippen LogP) is 0.244. The zero-order chi connectivity index (χ0) is 14.5. The number of aromatic nitrogens is 2. The lowest BCUT2D eigenvalue weighted by molar-refractivity contribution is -0.226. The molecule has 20 heavy (non-hydrogen) atoms. The maximum absolute atomic E-state index is 10.2. The third-order valence-corrected chi connectivity index (χ3v) is 3.82. The zero-order valence-electron chi connectivity index (χ0n) is 11.1. The summed E-state index contributed by atoms with van der Waals surface area (Å²) in [5.74, 6) is -0.779. The van der Waals surface area contributed by atoms with E-state index in [0.29, 0.717) is 0 Å². The molecule has 2 saturated heterocycles. The lowest BCUT2D eigenvalue weighted by Gasteiger charge is -2.25. The molecule has 0 spiro atoms. The van der Waals surface area contributed by atoms with Crippen molar-refractivity contribution in [3.05, 3.63) is 16.9 Å². The topological polar surface area (TPSA) is 86.0 Å². The molecule has 0 aromatic carbocycles. The minimum absolute atomic E-state index is 0.218. The predicted molar refractivity (Wildman–Crippen MR) is 70.6 cm³/mol. The van der Waals surface area contributed by atoms with Gasteiger partial charge in [-0.1, -0.05) is 0 Å². The van der Waals surface area contributed by atoms with Crippen LogP contribution >= 0.6 is 15.9 Å². The maximum atomic E-state index is 10.2. The summed E-state index contributed by atoms with van der Waals surface area (Å²) in [7, 11) is 0. The van der Waals surface area contributed by atoms with Crippen molar-refractivity contribution in [2.45, 2.75) is 56.9 Å². The molecule has 0 unspecified atom stereocenters. The van der Waals surface area contributed by atoms with Crippen LogP contribution in [0.1, 0.15) is 13.8 Å². The van der Waals surface area contributed by atoms with Crippen LogP contribution in [0.4, 0.5) is 0 Å². The minimum Gasteiger partial charge on any atom is -0.388 e. The van der Waals surface area contributed by atoms with Crippen molar-refractivity contribution in [2.24, 2.45) is 0 Å². The summed E-state index contributed by atoms with van der Waals surface area (Å²) in [5, 5.41) is 24.5. The third kappa shape index (κ3) is 2.63. The van der Waals surface area contributed by atoms with Crippen molar-refractivity contribution in [2.75, 3.05) is 0 Å². The molecule has 2 N–H and O–H groups in total. The highest BCUT2D eigenvalue weighted by Gasteiger charge is 2.55. The first-order chi connectivity index (χ1) is 9.35. The van der Waals surface area contributed by atoms with Gasteiger partial charge in [-0.05, 0) is 29.8 Å². The smallest absolute Gasteiger partial charge is 0.190 e. The van der Waals surface area contributed by atoms with Gasteiger partial charge in [0, 0.05) is 6.20 Å². The molecule has 0 amide bonds. The molecule has 0 radical (unpaired) electrons. The lowest BCUT2D eigenvalue weighted by atomic mass is 10.1. The molecule has 0 aliphatic carbocycles. The summed E-state index contributed by atoms with van der Waals surface area (Å²) in [6.45, 7) is 3.73. The van der Waals surface area contributed by atoms with E-state index in [2.05, 4.69) is 21.0 Å². The summed E-state index contributed by atoms with van der Waals surface area (Å²) in [5.41, 5.74) is 0. The van der Waals surface area contributed by atoms with Gasteiger partial charge in [0.1, 0.15) is 24.4 Å².